The predicted molar refractivity (Wildman–Crippen MR) is 59.2 cm³/mol. The zero-order chi connectivity index (χ0) is 12.6. The molecule has 0 unspecified atom stereocenters. The van der Waals surface area contributed by atoms with E-state index in [1.807, 2.05) is 0 Å². The fourth-order valence-electron chi connectivity index (χ4n) is 1.39. The number of nitrogens with zero attached hydrogens (tertiary/aromatic N) is 1. The fourth-order valence-corrected chi connectivity index (χ4v) is 2.23. The largest absolute Gasteiger partial charge is 0.476 e. The second-order valence-corrected chi connectivity index (χ2v) is 4.30. The molecule has 0 spiro atoms. The highest BCUT2D eigenvalue weighted by atomic mass is 32.1. The van der Waals surface area contributed by atoms with Crippen molar-refractivity contribution < 1.29 is 18.7 Å². The standard InChI is InChI=1S/C11H7F2NO2S/c1-5-2-6(12)9(7(13)3-5)10-14-8(4-17-10)11(15)16/h2-4H,1H3,(H,15,16). The van der Waals surface area contributed by atoms with Gasteiger partial charge in [-0.2, -0.15) is 0 Å². The Balaban J connectivity index is 2.56. The van der Waals surface area contributed by atoms with Gasteiger partial charge in [-0.05, 0) is 24.6 Å². The van der Waals surface area contributed by atoms with Gasteiger partial charge in [0.15, 0.2) is 5.69 Å². The summed E-state index contributed by atoms with van der Waals surface area (Å²) in [5.74, 6) is -2.71. The molecule has 0 aliphatic rings. The Morgan fingerprint density at radius 3 is 2.41 bits per heavy atom. The Hall–Kier alpha value is -1.82. The quantitative estimate of drug-likeness (QED) is 0.897. The van der Waals surface area contributed by atoms with Gasteiger partial charge in [0.1, 0.15) is 16.6 Å². The highest BCUT2D eigenvalue weighted by Crippen LogP contribution is 2.29. The molecule has 1 aromatic heterocycles. The summed E-state index contributed by atoms with van der Waals surface area (Å²) >= 11 is 0.893. The zero-order valence-corrected chi connectivity index (χ0v) is 9.52. The van der Waals surface area contributed by atoms with E-state index in [0.717, 1.165) is 11.3 Å². The van der Waals surface area contributed by atoms with Crippen molar-refractivity contribution in [2.45, 2.75) is 6.92 Å². The van der Waals surface area contributed by atoms with Crippen molar-refractivity contribution in [1.82, 2.24) is 4.98 Å². The number of halogens is 2. The van der Waals surface area contributed by atoms with Gasteiger partial charge in [-0.1, -0.05) is 0 Å². The van der Waals surface area contributed by atoms with Crippen LogP contribution in [0.25, 0.3) is 10.6 Å². The monoisotopic (exact) mass is 255 g/mol. The second kappa shape index (κ2) is 4.21. The lowest BCUT2D eigenvalue weighted by molar-refractivity contribution is 0.0691. The van der Waals surface area contributed by atoms with Crippen LogP contribution in [0.2, 0.25) is 0 Å². The Morgan fingerprint density at radius 2 is 1.94 bits per heavy atom. The third kappa shape index (κ3) is 2.16. The molecule has 0 amide bonds. The molecule has 2 rings (SSSR count). The summed E-state index contributed by atoms with van der Waals surface area (Å²) < 4.78 is 27.2. The molecule has 88 valence electrons. The van der Waals surface area contributed by atoms with Crippen LogP contribution in [-0.2, 0) is 0 Å². The fraction of sp³-hybridized carbons (Fsp3) is 0.0909. The average molecular weight is 255 g/mol. The average Bonchev–Trinajstić information content (AvgIpc) is 2.65. The highest BCUT2D eigenvalue weighted by molar-refractivity contribution is 7.13. The molecule has 0 saturated heterocycles. The summed E-state index contributed by atoms with van der Waals surface area (Å²) in [6.45, 7) is 1.57. The molecule has 1 heterocycles. The maximum Gasteiger partial charge on any atom is 0.355 e. The summed E-state index contributed by atoms with van der Waals surface area (Å²) in [4.78, 5) is 14.3. The summed E-state index contributed by atoms with van der Waals surface area (Å²) in [6, 6.07) is 2.36. The van der Waals surface area contributed by atoms with E-state index in [9.17, 15) is 13.6 Å². The van der Waals surface area contributed by atoms with Gasteiger partial charge in [-0.15, -0.1) is 11.3 Å². The molecule has 6 heteroatoms. The number of rotatable bonds is 2. The summed E-state index contributed by atoms with van der Waals surface area (Å²) in [7, 11) is 0. The van der Waals surface area contributed by atoms with E-state index in [-0.39, 0.29) is 16.3 Å². The van der Waals surface area contributed by atoms with E-state index in [1.165, 1.54) is 17.5 Å². The van der Waals surface area contributed by atoms with Gasteiger partial charge < -0.3 is 5.11 Å². The SMILES string of the molecule is Cc1cc(F)c(-c2nc(C(=O)O)cs2)c(F)c1. The third-order valence-electron chi connectivity index (χ3n) is 2.12. The van der Waals surface area contributed by atoms with Crippen LogP contribution < -0.4 is 0 Å². The number of thiazole rings is 1. The molecular formula is C11H7F2NO2S. The predicted octanol–water partition coefficient (Wildman–Crippen LogP) is 3.09. The molecule has 0 fully saturated rings. The number of hydrogen-bond donors (Lipinski definition) is 1. The minimum Gasteiger partial charge on any atom is -0.476 e. The number of aromatic carboxylic acids is 1. The van der Waals surface area contributed by atoms with Crippen LogP contribution in [0.3, 0.4) is 0 Å². The van der Waals surface area contributed by atoms with Gasteiger partial charge in [-0.25, -0.2) is 18.6 Å². The molecule has 0 atom stereocenters. The summed E-state index contributed by atoms with van der Waals surface area (Å²) in [5, 5.41) is 9.96. The van der Waals surface area contributed by atoms with E-state index in [4.69, 9.17) is 5.11 Å². The smallest absolute Gasteiger partial charge is 0.355 e. The Kier molecular flexibility index (Phi) is 2.89. The van der Waals surface area contributed by atoms with Crippen LogP contribution in [0.15, 0.2) is 17.5 Å². The second-order valence-electron chi connectivity index (χ2n) is 3.45. The van der Waals surface area contributed by atoms with Crippen LogP contribution in [0.1, 0.15) is 16.1 Å². The number of aryl methyl sites for hydroxylation is 1. The number of carboxylic acid groups (broad SMARTS) is 1. The van der Waals surface area contributed by atoms with Crippen LogP contribution in [0.4, 0.5) is 8.78 Å². The first-order valence-corrected chi connectivity index (χ1v) is 5.52. The lowest BCUT2D eigenvalue weighted by Gasteiger charge is -2.02. The van der Waals surface area contributed by atoms with Gasteiger partial charge in [0.25, 0.3) is 0 Å². The van der Waals surface area contributed by atoms with E-state index in [0.29, 0.717) is 5.56 Å². The molecule has 0 bridgehead atoms. The maximum absolute atomic E-state index is 13.6. The van der Waals surface area contributed by atoms with Crippen LogP contribution >= 0.6 is 11.3 Å². The number of benzene rings is 1. The van der Waals surface area contributed by atoms with Gasteiger partial charge in [0.2, 0.25) is 0 Å². The highest BCUT2D eigenvalue weighted by Gasteiger charge is 2.17. The van der Waals surface area contributed by atoms with Crippen molar-refractivity contribution in [3.63, 3.8) is 0 Å². The molecule has 17 heavy (non-hydrogen) atoms. The number of aromatic nitrogens is 1. The maximum atomic E-state index is 13.6. The lowest BCUT2D eigenvalue weighted by atomic mass is 10.1. The number of carbonyl (C=O) groups is 1. The Labute approximate surface area is 99.4 Å². The normalized spacial score (nSPS) is 10.5. The summed E-state index contributed by atoms with van der Waals surface area (Å²) in [5.41, 5.74) is -0.0451. The van der Waals surface area contributed by atoms with Crippen LogP contribution in [0.5, 0.6) is 0 Å². The molecule has 0 radical (unpaired) electrons. The molecule has 1 N–H and O–H groups in total. The van der Waals surface area contributed by atoms with E-state index < -0.39 is 17.6 Å². The van der Waals surface area contributed by atoms with Crippen molar-refractivity contribution in [3.05, 3.63) is 40.4 Å². The molecule has 0 aliphatic carbocycles. The van der Waals surface area contributed by atoms with Gasteiger partial charge in [-0.3, -0.25) is 0 Å². The topological polar surface area (TPSA) is 50.2 Å². The van der Waals surface area contributed by atoms with Gasteiger partial charge in [0.05, 0.1) is 5.56 Å². The Morgan fingerprint density at radius 1 is 1.35 bits per heavy atom. The first-order chi connectivity index (χ1) is 7.99. The van der Waals surface area contributed by atoms with Crippen molar-refractivity contribution in [3.8, 4) is 10.6 Å². The van der Waals surface area contributed by atoms with Crippen molar-refractivity contribution in [2.75, 3.05) is 0 Å². The molecule has 2 aromatic rings. The van der Waals surface area contributed by atoms with Crippen LogP contribution in [0, 0.1) is 18.6 Å². The number of hydrogen-bond acceptors (Lipinski definition) is 3. The molecule has 0 saturated carbocycles. The first-order valence-electron chi connectivity index (χ1n) is 4.64. The summed E-state index contributed by atoms with van der Waals surface area (Å²) in [6.07, 6.45) is 0. The van der Waals surface area contributed by atoms with E-state index in [1.54, 1.807) is 6.92 Å². The molecule has 0 aliphatic heterocycles. The molecular weight excluding hydrogens is 248 g/mol. The Bertz CT molecular complexity index is 572. The van der Waals surface area contributed by atoms with Gasteiger partial charge >= 0.3 is 5.97 Å². The van der Waals surface area contributed by atoms with Crippen LogP contribution in [-0.4, -0.2) is 16.1 Å². The van der Waals surface area contributed by atoms with E-state index in [2.05, 4.69) is 4.98 Å². The third-order valence-corrected chi connectivity index (χ3v) is 2.98. The van der Waals surface area contributed by atoms with Gasteiger partial charge in [0, 0.05) is 5.38 Å². The lowest BCUT2D eigenvalue weighted by Crippen LogP contribution is -1.97. The molecule has 1 aromatic carbocycles. The number of carboxylic acids is 1. The van der Waals surface area contributed by atoms with Crippen molar-refractivity contribution >= 4 is 17.3 Å². The molecule has 3 nitrogen and oxygen atoms in total. The first kappa shape index (κ1) is 11.7. The van der Waals surface area contributed by atoms with E-state index >= 15 is 0 Å². The minimum absolute atomic E-state index is 0.0254. The van der Waals surface area contributed by atoms with Crippen molar-refractivity contribution in [1.29, 1.82) is 0 Å². The van der Waals surface area contributed by atoms with Crippen molar-refractivity contribution in [2.24, 2.45) is 0 Å². The zero-order valence-electron chi connectivity index (χ0n) is 8.70. The minimum atomic E-state index is -1.22.